The molecule has 192 valence electrons. The van der Waals surface area contributed by atoms with Gasteiger partial charge in [-0.05, 0) is 26.0 Å². The molecule has 0 atom stereocenters. The molecule has 0 aliphatic carbocycles. The maximum absolute atomic E-state index is 12.0. The average Bonchev–Trinajstić information content (AvgIpc) is 3.00. The van der Waals surface area contributed by atoms with E-state index in [0.29, 0.717) is 0 Å². The van der Waals surface area contributed by atoms with Crippen molar-refractivity contribution in [3.05, 3.63) is 128 Å². The molecule has 0 bridgehead atoms. The predicted octanol–water partition coefficient (Wildman–Crippen LogP) is 9.01. The Morgan fingerprint density at radius 3 is 1.50 bits per heavy atom. The third-order valence-electron chi connectivity index (χ3n) is 6.19. The van der Waals surface area contributed by atoms with Crippen LogP contribution >= 0.6 is 0 Å². The zero-order chi connectivity index (χ0) is 26.2. The molecule has 0 saturated carbocycles. The van der Waals surface area contributed by atoms with Crippen LogP contribution in [0.15, 0.2) is 83.8 Å². The van der Waals surface area contributed by atoms with E-state index in [0.717, 1.165) is 5.56 Å². The SMILES string of the molecule is Cc1c(C)c(C)[c-](C)c1C.Cc1ccc(S(=O)(=O)[N-]c2ccccc2[NH-])cc1.Cc1ccccc1.[Rh+3]. The van der Waals surface area contributed by atoms with Gasteiger partial charge in [-0.3, -0.25) is 0 Å². The number of hydrogen-bond donors (Lipinski definition) is 0. The van der Waals surface area contributed by atoms with Gasteiger partial charge < -0.3 is 10.5 Å². The van der Waals surface area contributed by atoms with E-state index < -0.39 is 10.0 Å². The van der Waals surface area contributed by atoms with Crippen LogP contribution < -0.4 is 0 Å². The molecule has 0 aliphatic heterocycles. The summed E-state index contributed by atoms with van der Waals surface area (Å²) in [6.45, 7) is 15.0. The van der Waals surface area contributed by atoms with E-state index in [1.54, 1.807) is 24.3 Å². The third kappa shape index (κ3) is 8.69. The van der Waals surface area contributed by atoms with Crippen LogP contribution in [0.3, 0.4) is 0 Å². The zero-order valence-electron chi connectivity index (χ0n) is 22.0. The molecular weight excluding hydrogens is 555 g/mol. The van der Waals surface area contributed by atoms with Crippen LogP contribution in [-0.2, 0) is 29.5 Å². The summed E-state index contributed by atoms with van der Waals surface area (Å²) >= 11 is 0. The molecule has 0 heterocycles. The van der Waals surface area contributed by atoms with Gasteiger partial charge in [-0.1, -0.05) is 112 Å². The topological polar surface area (TPSA) is 72.0 Å². The zero-order valence-corrected chi connectivity index (χ0v) is 24.5. The molecule has 0 aromatic heterocycles. The van der Waals surface area contributed by atoms with Gasteiger partial charge in [-0.15, -0.1) is 5.69 Å². The fraction of sp³-hybridized carbons (Fsp3) is 0.233. The van der Waals surface area contributed by atoms with Crippen LogP contribution in [0.2, 0.25) is 0 Å². The van der Waals surface area contributed by atoms with E-state index in [4.69, 9.17) is 5.73 Å². The minimum absolute atomic E-state index is 0. The van der Waals surface area contributed by atoms with E-state index in [2.05, 4.69) is 58.4 Å². The molecule has 0 amide bonds. The molecule has 1 N–H and O–H groups in total. The van der Waals surface area contributed by atoms with Crippen LogP contribution in [0.5, 0.6) is 0 Å². The van der Waals surface area contributed by atoms with Crippen molar-refractivity contribution in [3.8, 4) is 0 Å². The van der Waals surface area contributed by atoms with Crippen molar-refractivity contribution < 1.29 is 27.9 Å². The number of nitrogens with zero attached hydrogens (tertiary/aromatic N) is 1. The van der Waals surface area contributed by atoms with Gasteiger partial charge >= 0.3 is 19.5 Å². The Hall–Kier alpha value is -2.82. The van der Waals surface area contributed by atoms with Gasteiger partial charge in [0.25, 0.3) is 0 Å². The predicted molar refractivity (Wildman–Crippen MR) is 149 cm³/mol. The fourth-order valence-corrected chi connectivity index (χ4v) is 4.39. The summed E-state index contributed by atoms with van der Waals surface area (Å²) in [6, 6.07) is 23.1. The molecule has 0 fully saturated rings. The molecule has 4 aromatic carbocycles. The standard InChI is InChI=1S/C13H12N2O2S.C10H15.C7H8.Rh/c1-10-6-8-11(9-7-10)18(16,17)15-13-5-3-2-4-12(13)14;1-6-7(2)9(4)10(5)8(6)3;1-7-5-3-2-4-6-7;/h2-9,14H,1H3;1-5H3;2-6H,1H3;/q-2;-1;;+3. The molecule has 0 saturated heterocycles. The minimum atomic E-state index is -3.75. The summed E-state index contributed by atoms with van der Waals surface area (Å²) in [5.41, 5.74) is 17.5. The summed E-state index contributed by atoms with van der Waals surface area (Å²) in [7, 11) is -3.75. The van der Waals surface area contributed by atoms with Crippen LogP contribution in [-0.4, -0.2) is 8.42 Å². The number of aryl methyl sites for hydroxylation is 2. The van der Waals surface area contributed by atoms with Crippen LogP contribution in [0.25, 0.3) is 10.5 Å². The molecule has 4 rings (SSSR count). The van der Waals surface area contributed by atoms with Crippen molar-refractivity contribution in [2.45, 2.75) is 53.4 Å². The Bertz CT molecular complexity index is 1260. The second-order valence-corrected chi connectivity index (χ2v) is 10.3. The molecular formula is C30H35N2O2RhS. The number of nitrogens with one attached hydrogen (secondary N) is 1. The van der Waals surface area contributed by atoms with E-state index >= 15 is 0 Å². The first-order chi connectivity index (χ1) is 16.4. The van der Waals surface area contributed by atoms with Crippen LogP contribution in [0, 0.1) is 48.5 Å². The molecule has 0 unspecified atom stereocenters. The molecule has 0 aliphatic rings. The van der Waals surface area contributed by atoms with E-state index in [1.165, 1.54) is 57.6 Å². The van der Waals surface area contributed by atoms with Crippen LogP contribution in [0.1, 0.15) is 38.9 Å². The Kier molecular flexibility index (Phi) is 12.2. The van der Waals surface area contributed by atoms with Crippen molar-refractivity contribution in [2.75, 3.05) is 0 Å². The van der Waals surface area contributed by atoms with Gasteiger partial charge in [-0.25, -0.2) is 8.42 Å². The monoisotopic (exact) mass is 590 g/mol. The summed E-state index contributed by atoms with van der Waals surface area (Å²) in [5, 5.41) is 0. The minimum Gasteiger partial charge on any atom is -0.700 e. The van der Waals surface area contributed by atoms with Crippen molar-refractivity contribution in [2.24, 2.45) is 0 Å². The van der Waals surface area contributed by atoms with Gasteiger partial charge in [-0.2, -0.15) is 33.5 Å². The smallest absolute Gasteiger partial charge is 0.700 e. The van der Waals surface area contributed by atoms with Crippen molar-refractivity contribution in [3.63, 3.8) is 0 Å². The van der Waals surface area contributed by atoms with E-state index in [-0.39, 0.29) is 35.7 Å². The van der Waals surface area contributed by atoms with Gasteiger partial charge in [0.15, 0.2) is 0 Å². The normalized spacial score (nSPS) is 10.2. The summed E-state index contributed by atoms with van der Waals surface area (Å²) in [5.74, 6) is 0. The Morgan fingerprint density at radius 1 is 0.667 bits per heavy atom. The Balaban J connectivity index is 0.000000303. The number of rotatable bonds is 3. The maximum Gasteiger partial charge on any atom is 3.00 e. The molecule has 0 spiro atoms. The van der Waals surface area contributed by atoms with E-state index in [9.17, 15) is 8.42 Å². The first-order valence-corrected chi connectivity index (χ1v) is 12.9. The molecule has 4 nitrogen and oxygen atoms in total. The second-order valence-electron chi connectivity index (χ2n) is 8.68. The Labute approximate surface area is 230 Å². The quantitative estimate of drug-likeness (QED) is 0.176. The van der Waals surface area contributed by atoms with Crippen molar-refractivity contribution in [1.82, 2.24) is 0 Å². The summed E-state index contributed by atoms with van der Waals surface area (Å²) < 4.78 is 27.7. The van der Waals surface area contributed by atoms with Gasteiger partial charge in [0.05, 0.1) is 4.90 Å². The number of benzene rings is 3. The van der Waals surface area contributed by atoms with Crippen molar-refractivity contribution in [1.29, 1.82) is 0 Å². The Morgan fingerprint density at radius 2 is 1.11 bits per heavy atom. The maximum atomic E-state index is 12.0. The van der Waals surface area contributed by atoms with Crippen molar-refractivity contribution >= 4 is 21.4 Å². The summed E-state index contributed by atoms with van der Waals surface area (Å²) in [6.07, 6.45) is 0. The fourth-order valence-electron chi connectivity index (χ4n) is 3.39. The molecule has 4 aromatic rings. The number of hydrogen-bond acceptors (Lipinski definition) is 2. The summed E-state index contributed by atoms with van der Waals surface area (Å²) in [4.78, 5) is 0.136. The van der Waals surface area contributed by atoms with Gasteiger partial charge in [0.2, 0.25) is 0 Å². The van der Waals surface area contributed by atoms with Crippen LogP contribution in [0.4, 0.5) is 11.4 Å². The molecule has 0 radical (unpaired) electrons. The first-order valence-electron chi connectivity index (χ1n) is 11.5. The molecule has 6 heteroatoms. The average molecular weight is 591 g/mol. The first kappa shape index (κ1) is 31.2. The second kappa shape index (κ2) is 14.1. The largest absolute Gasteiger partial charge is 3.00 e. The van der Waals surface area contributed by atoms with E-state index in [1.807, 2.05) is 25.1 Å². The number of sulfonamides is 1. The third-order valence-corrected chi connectivity index (χ3v) is 7.50. The van der Waals surface area contributed by atoms with Gasteiger partial charge in [0, 0.05) is 0 Å². The van der Waals surface area contributed by atoms with Gasteiger partial charge in [0.1, 0.15) is 10.0 Å². The molecule has 36 heavy (non-hydrogen) atoms.